The number of cyclic esters (lactones) is 1. The third-order valence-electron chi connectivity index (χ3n) is 5.30. The van der Waals surface area contributed by atoms with Crippen molar-refractivity contribution in [3.8, 4) is 11.5 Å². The molecule has 0 saturated carbocycles. The van der Waals surface area contributed by atoms with Gasteiger partial charge in [0.1, 0.15) is 0 Å². The van der Waals surface area contributed by atoms with Crippen molar-refractivity contribution in [2.24, 2.45) is 0 Å². The van der Waals surface area contributed by atoms with Crippen molar-refractivity contribution in [3.63, 3.8) is 0 Å². The number of aromatic nitrogens is 2. The number of fused-ring (bicyclic) bond motifs is 1. The van der Waals surface area contributed by atoms with Crippen molar-refractivity contribution in [2.45, 2.75) is 45.4 Å². The molecule has 1 aliphatic rings. The van der Waals surface area contributed by atoms with Crippen LogP contribution in [0.5, 0.6) is 0 Å². The van der Waals surface area contributed by atoms with Crippen molar-refractivity contribution < 1.29 is 18.7 Å². The third-order valence-corrected chi connectivity index (χ3v) is 5.63. The average molecular weight is 440 g/mol. The highest BCUT2D eigenvalue weighted by Gasteiger charge is 2.45. The topological polar surface area (TPSA) is 85.5 Å². The molecule has 0 saturated heterocycles. The monoisotopic (exact) mass is 439 g/mol. The molecule has 2 aromatic carbocycles. The molecule has 0 N–H and O–H groups in total. The summed E-state index contributed by atoms with van der Waals surface area (Å²) in [7, 11) is 0. The van der Waals surface area contributed by atoms with Gasteiger partial charge in [0.05, 0.1) is 22.7 Å². The van der Waals surface area contributed by atoms with Crippen LogP contribution in [0.3, 0.4) is 0 Å². The quantitative estimate of drug-likeness (QED) is 0.551. The smallest absolute Gasteiger partial charge is 0.339 e. The van der Waals surface area contributed by atoms with Gasteiger partial charge in [0.15, 0.2) is 5.60 Å². The Labute approximate surface area is 185 Å². The molecule has 2 heterocycles. The highest BCUT2D eigenvalue weighted by molar-refractivity contribution is 6.33. The lowest BCUT2D eigenvalue weighted by atomic mass is 9.88. The van der Waals surface area contributed by atoms with E-state index in [4.69, 9.17) is 20.8 Å². The van der Waals surface area contributed by atoms with E-state index in [1.165, 1.54) is 0 Å². The van der Waals surface area contributed by atoms with Gasteiger partial charge < -0.3 is 14.1 Å². The van der Waals surface area contributed by atoms with E-state index < -0.39 is 11.6 Å². The van der Waals surface area contributed by atoms with Crippen LogP contribution in [-0.2, 0) is 22.5 Å². The molecule has 1 atom stereocenters. The average Bonchev–Trinajstić information content (AvgIpc) is 3.20. The summed E-state index contributed by atoms with van der Waals surface area (Å²) in [5, 5.41) is 8.64. The molecule has 0 radical (unpaired) electrons. The molecule has 1 unspecified atom stereocenters. The normalized spacial score (nSPS) is 17.9. The number of ether oxygens (including phenoxy) is 1. The third kappa shape index (κ3) is 4.05. The fraction of sp³-hybridized carbons (Fsp3) is 0.304. The van der Waals surface area contributed by atoms with Crippen LogP contribution in [-0.4, -0.2) is 38.6 Å². The molecule has 8 heteroatoms. The Kier molecular flexibility index (Phi) is 5.54. The number of carbonyl (C=O) groups is 2. The van der Waals surface area contributed by atoms with Crippen molar-refractivity contribution in [1.82, 2.24) is 15.1 Å². The zero-order chi connectivity index (χ0) is 22.2. The number of hydrogen-bond acceptors (Lipinski definition) is 6. The minimum absolute atomic E-state index is 0.0861. The summed E-state index contributed by atoms with van der Waals surface area (Å²) in [5.74, 6) is -0.271. The number of esters is 1. The predicted molar refractivity (Wildman–Crippen MR) is 114 cm³/mol. The first kappa shape index (κ1) is 21.1. The summed E-state index contributed by atoms with van der Waals surface area (Å²) in [4.78, 5) is 27.6. The number of hydrogen-bond donors (Lipinski definition) is 0. The highest BCUT2D eigenvalue weighted by Crippen LogP contribution is 2.31. The van der Waals surface area contributed by atoms with Crippen molar-refractivity contribution >= 4 is 23.5 Å². The van der Waals surface area contributed by atoms with Crippen LogP contribution in [0.25, 0.3) is 11.5 Å². The summed E-state index contributed by atoms with van der Waals surface area (Å²) >= 11 is 6.21. The fourth-order valence-corrected chi connectivity index (χ4v) is 3.87. The maximum Gasteiger partial charge on any atom is 0.339 e. The van der Waals surface area contributed by atoms with Gasteiger partial charge in [-0.1, -0.05) is 41.9 Å². The Morgan fingerprint density at radius 2 is 1.81 bits per heavy atom. The Bertz CT molecular complexity index is 1140. The Morgan fingerprint density at radius 1 is 1.13 bits per heavy atom. The predicted octanol–water partition coefficient (Wildman–Crippen LogP) is 4.30. The first-order valence-electron chi connectivity index (χ1n) is 9.98. The Hall–Kier alpha value is -3.19. The van der Waals surface area contributed by atoms with Crippen LogP contribution >= 0.6 is 11.6 Å². The van der Waals surface area contributed by atoms with Gasteiger partial charge in [0.2, 0.25) is 11.8 Å². The van der Waals surface area contributed by atoms with Crippen molar-refractivity contribution in [1.29, 1.82) is 0 Å². The van der Waals surface area contributed by atoms with E-state index in [2.05, 4.69) is 10.2 Å². The zero-order valence-electron chi connectivity index (χ0n) is 17.5. The van der Waals surface area contributed by atoms with E-state index >= 15 is 0 Å². The van der Waals surface area contributed by atoms with Crippen LogP contribution in [0.2, 0.25) is 5.02 Å². The van der Waals surface area contributed by atoms with Gasteiger partial charge in [-0.3, -0.25) is 4.79 Å². The molecule has 1 aliphatic heterocycles. The molecule has 0 spiro atoms. The Morgan fingerprint density at radius 3 is 2.52 bits per heavy atom. The van der Waals surface area contributed by atoms with Crippen LogP contribution in [0, 0.1) is 0 Å². The molecular weight excluding hydrogens is 418 g/mol. The van der Waals surface area contributed by atoms with Crippen LogP contribution in [0.15, 0.2) is 52.9 Å². The maximum absolute atomic E-state index is 13.5. The molecule has 160 valence electrons. The van der Waals surface area contributed by atoms with Crippen LogP contribution in [0.1, 0.15) is 42.6 Å². The second-order valence-corrected chi connectivity index (χ2v) is 8.37. The second-order valence-electron chi connectivity index (χ2n) is 7.96. The van der Waals surface area contributed by atoms with Crippen molar-refractivity contribution in [3.05, 3.63) is 70.6 Å². The van der Waals surface area contributed by atoms with Crippen molar-refractivity contribution in [2.75, 3.05) is 0 Å². The van der Waals surface area contributed by atoms with E-state index in [-0.39, 0.29) is 30.3 Å². The van der Waals surface area contributed by atoms with Gasteiger partial charge in [-0.15, -0.1) is 10.2 Å². The van der Waals surface area contributed by atoms with Gasteiger partial charge in [-0.25, -0.2) is 4.79 Å². The zero-order valence-corrected chi connectivity index (χ0v) is 18.2. The number of carbonyl (C=O) groups excluding carboxylic acids is 2. The second kappa shape index (κ2) is 8.15. The summed E-state index contributed by atoms with van der Waals surface area (Å²) in [6.07, 6.45) is 0.297. The van der Waals surface area contributed by atoms with E-state index in [0.29, 0.717) is 22.6 Å². The van der Waals surface area contributed by atoms with Gasteiger partial charge in [-0.2, -0.15) is 0 Å². The molecule has 0 bridgehead atoms. The SMILES string of the molecule is CC(C)N(Cc1nnc(-c2ccccc2Cl)o1)C(=O)C1(C)Cc2ccccc2C(=O)O1. The first-order chi connectivity index (χ1) is 14.8. The van der Waals surface area contributed by atoms with E-state index in [1.807, 2.05) is 38.1 Å². The molecule has 7 nitrogen and oxygen atoms in total. The minimum Gasteiger partial charge on any atom is -0.445 e. The Balaban J connectivity index is 1.58. The largest absolute Gasteiger partial charge is 0.445 e. The molecular formula is C23H22ClN3O4. The molecule has 31 heavy (non-hydrogen) atoms. The molecule has 0 fully saturated rings. The molecule has 1 amide bonds. The minimum atomic E-state index is -1.32. The maximum atomic E-state index is 13.5. The highest BCUT2D eigenvalue weighted by atomic mass is 35.5. The molecule has 3 aromatic rings. The number of rotatable bonds is 5. The standard InChI is InChI=1S/C23H22ClN3O4/c1-14(2)27(13-19-25-26-20(30-19)17-10-6-7-11-18(17)24)22(29)23(3)12-15-8-4-5-9-16(15)21(28)31-23/h4-11,14H,12-13H2,1-3H3. The number of halogens is 1. The molecule has 0 aliphatic carbocycles. The summed E-state index contributed by atoms with van der Waals surface area (Å²) in [6.45, 7) is 5.49. The van der Waals surface area contributed by atoms with Crippen LogP contribution < -0.4 is 0 Å². The molecule has 4 rings (SSSR count). The van der Waals surface area contributed by atoms with Gasteiger partial charge in [0.25, 0.3) is 5.91 Å². The lowest BCUT2D eigenvalue weighted by Crippen LogP contribution is -2.54. The van der Waals surface area contributed by atoms with Crippen LogP contribution in [0.4, 0.5) is 0 Å². The lowest BCUT2D eigenvalue weighted by molar-refractivity contribution is -0.154. The van der Waals surface area contributed by atoms with Gasteiger partial charge >= 0.3 is 5.97 Å². The number of nitrogens with zero attached hydrogens (tertiary/aromatic N) is 3. The summed E-state index contributed by atoms with van der Waals surface area (Å²) in [5.41, 5.74) is 0.582. The first-order valence-corrected chi connectivity index (χ1v) is 10.4. The van der Waals surface area contributed by atoms with E-state index in [1.54, 1.807) is 36.1 Å². The van der Waals surface area contributed by atoms with Gasteiger partial charge in [-0.05, 0) is 44.5 Å². The van der Waals surface area contributed by atoms with Gasteiger partial charge in [0, 0.05) is 12.5 Å². The number of amides is 1. The number of benzene rings is 2. The van der Waals surface area contributed by atoms with E-state index in [9.17, 15) is 9.59 Å². The van der Waals surface area contributed by atoms with E-state index in [0.717, 1.165) is 5.56 Å². The molecule has 1 aromatic heterocycles. The lowest BCUT2D eigenvalue weighted by Gasteiger charge is -2.38. The fourth-order valence-electron chi connectivity index (χ4n) is 3.65. The summed E-state index contributed by atoms with van der Waals surface area (Å²) in [6, 6.07) is 14.1. The summed E-state index contributed by atoms with van der Waals surface area (Å²) < 4.78 is 11.4.